The van der Waals surface area contributed by atoms with E-state index in [4.69, 9.17) is 0 Å². The summed E-state index contributed by atoms with van der Waals surface area (Å²) in [5.41, 5.74) is -1.84. The maximum atomic E-state index is 12.3. The second-order valence-corrected chi connectivity index (χ2v) is 6.16. The van der Waals surface area contributed by atoms with Crippen LogP contribution in [0, 0.1) is 10.1 Å². The Balaban J connectivity index is 1.97. The third kappa shape index (κ3) is 4.10. The number of hydrogen-bond acceptors (Lipinski definition) is 8. The van der Waals surface area contributed by atoms with E-state index in [0.29, 0.717) is 0 Å². The van der Waals surface area contributed by atoms with Crippen molar-refractivity contribution >= 4 is 23.4 Å². The fourth-order valence-corrected chi connectivity index (χ4v) is 2.62. The zero-order chi connectivity index (χ0) is 20.2. The number of fused-ring (bicyclic) bond motifs is 1. The summed E-state index contributed by atoms with van der Waals surface area (Å²) in [7, 11) is 0. The van der Waals surface area contributed by atoms with Crippen LogP contribution in [0.3, 0.4) is 0 Å². The first-order valence-electron chi connectivity index (χ1n) is 8.07. The number of carbonyl (C=O) groups excluding carboxylic acids is 3. The first-order chi connectivity index (χ1) is 12.8. The minimum atomic E-state index is -1.55. The zero-order valence-corrected chi connectivity index (χ0v) is 14.3. The van der Waals surface area contributed by atoms with Gasteiger partial charge >= 0.3 is 0 Å². The van der Waals surface area contributed by atoms with Crippen LogP contribution in [0.4, 0.5) is 5.69 Å². The Morgan fingerprint density at radius 3 is 2.26 bits per heavy atom. The number of aliphatic hydroxyl groups excluding tert-OH is 3. The average molecular weight is 381 g/mol. The van der Waals surface area contributed by atoms with Gasteiger partial charge in [0.2, 0.25) is 5.91 Å². The molecule has 0 saturated heterocycles. The Labute approximate surface area is 153 Å². The van der Waals surface area contributed by atoms with Crippen LogP contribution in [0.15, 0.2) is 18.2 Å². The molecule has 0 atom stereocenters. The van der Waals surface area contributed by atoms with Crippen molar-refractivity contribution in [3.05, 3.63) is 39.4 Å². The lowest BCUT2D eigenvalue weighted by atomic mass is 10.0. The second kappa shape index (κ2) is 8.20. The predicted molar refractivity (Wildman–Crippen MR) is 89.8 cm³/mol. The number of nitro groups is 1. The highest BCUT2D eigenvalue weighted by Gasteiger charge is 2.36. The highest BCUT2D eigenvalue weighted by atomic mass is 16.6. The quantitative estimate of drug-likeness (QED) is 0.235. The number of hydrogen-bond donors (Lipinski definition) is 4. The summed E-state index contributed by atoms with van der Waals surface area (Å²) < 4.78 is 0. The topological polar surface area (TPSA) is 170 Å². The van der Waals surface area contributed by atoms with Crippen LogP contribution in [0.25, 0.3) is 0 Å². The van der Waals surface area contributed by atoms with Gasteiger partial charge in [-0.3, -0.25) is 29.4 Å². The van der Waals surface area contributed by atoms with Gasteiger partial charge in [-0.2, -0.15) is 0 Å². The number of rotatable bonds is 9. The van der Waals surface area contributed by atoms with E-state index in [1.165, 1.54) is 6.07 Å². The summed E-state index contributed by atoms with van der Waals surface area (Å²) in [5, 5.41) is 40.6. The van der Waals surface area contributed by atoms with Crippen LogP contribution < -0.4 is 5.32 Å². The van der Waals surface area contributed by atoms with Gasteiger partial charge in [-0.1, -0.05) is 0 Å². The molecule has 0 fully saturated rings. The molecule has 0 bridgehead atoms. The molecular weight excluding hydrogens is 362 g/mol. The van der Waals surface area contributed by atoms with Crippen molar-refractivity contribution in [3.63, 3.8) is 0 Å². The molecule has 11 nitrogen and oxygen atoms in total. The second-order valence-electron chi connectivity index (χ2n) is 6.16. The summed E-state index contributed by atoms with van der Waals surface area (Å²) >= 11 is 0. The van der Waals surface area contributed by atoms with Crippen molar-refractivity contribution in [1.29, 1.82) is 0 Å². The van der Waals surface area contributed by atoms with E-state index in [1.54, 1.807) is 0 Å². The molecule has 2 rings (SSSR count). The normalized spacial score (nSPS) is 13.7. The van der Waals surface area contributed by atoms with Crippen molar-refractivity contribution in [2.24, 2.45) is 0 Å². The standard InChI is InChI=1S/C16H19N3O8/c20-7-16(8-21,9-22)17-13(23)2-1-5-18-14(24)11-4-3-10(19(26)27)6-12(11)15(18)25/h3-4,6,20-22H,1-2,5,7-9H2,(H,17,23). The number of imide groups is 1. The van der Waals surface area contributed by atoms with Crippen molar-refractivity contribution in [1.82, 2.24) is 10.2 Å². The number of nitrogens with zero attached hydrogens (tertiary/aromatic N) is 2. The van der Waals surface area contributed by atoms with Crippen LogP contribution in [0.2, 0.25) is 0 Å². The fourth-order valence-electron chi connectivity index (χ4n) is 2.62. The Kier molecular flexibility index (Phi) is 6.20. The molecule has 0 spiro atoms. The van der Waals surface area contributed by atoms with Gasteiger partial charge in [0.05, 0.1) is 35.9 Å². The van der Waals surface area contributed by atoms with E-state index < -0.39 is 48.0 Å². The van der Waals surface area contributed by atoms with Crippen LogP contribution in [-0.4, -0.2) is 74.8 Å². The highest BCUT2D eigenvalue weighted by Crippen LogP contribution is 2.27. The molecule has 1 heterocycles. The van der Waals surface area contributed by atoms with Crippen LogP contribution in [-0.2, 0) is 4.79 Å². The maximum absolute atomic E-state index is 12.3. The van der Waals surface area contributed by atoms with E-state index >= 15 is 0 Å². The molecule has 0 saturated carbocycles. The molecule has 1 aliphatic rings. The van der Waals surface area contributed by atoms with Crippen molar-refractivity contribution in [2.45, 2.75) is 18.4 Å². The Morgan fingerprint density at radius 1 is 1.11 bits per heavy atom. The summed E-state index contributed by atoms with van der Waals surface area (Å²) in [6.45, 7) is -2.08. The lowest BCUT2D eigenvalue weighted by Gasteiger charge is -2.28. The minimum absolute atomic E-state index is 0.0569. The van der Waals surface area contributed by atoms with Gasteiger partial charge < -0.3 is 20.6 Å². The summed E-state index contributed by atoms with van der Waals surface area (Å²) in [4.78, 5) is 47.5. The molecule has 1 aromatic carbocycles. The van der Waals surface area contributed by atoms with E-state index in [0.717, 1.165) is 17.0 Å². The van der Waals surface area contributed by atoms with E-state index in [9.17, 15) is 39.8 Å². The van der Waals surface area contributed by atoms with Crippen LogP contribution in [0.1, 0.15) is 33.6 Å². The van der Waals surface area contributed by atoms with Crippen LogP contribution >= 0.6 is 0 Å². The molecular formula is C16H19N3O8. The lowest BCUT2D eigenvalue weighted by Crippen LogP contribution is -2.57. The first kappa shape index (κ1) is 20.4. The van der Waals surface area contributed by atoms with Crippen molar-refractivity contribution in [2.75, 3.05) is 26.4 Å². The van der Waals surface area contributed by atoms with Gasteiger partial charge in [-0.05, 0) is 12.5 Å². The minimum Gasteiger partial charge on any atom is -0.394 e. The highest BCUT2D eigenvalue weighted by molar-refractivity contribution is 6.21. The van der Waals surface area contributed by atoms with Crippen molar-refractivity contribution in [3.8, 4) is 0 Å². The Bertz CT molecular complexity index is 767. The molecule has 0 radical (unpaired) electrons. The number of aliphatic hydroxyl groups is 3. The Morgan fingerprint density at radius 2 is 1.70 bits per heavy atom. The summed E-state index contributed by atoms with van der Waals surface area (Å²) in [5.74, 6) is -1.85. The monoisotopic (exact) mass is 381 g/mol. The lowest BCUT2D eigenvalue weighted by molar-refractivity contribution is -0.384. The van der Waals surface area contributed by atoms with Gasteiger partial charge in [0, 0.05) is 25.1 Å². The number of nitrogens with one attached hydrogen (secondary N) is 1. The average Bonchev–Trinajstić information content (AvgIpc) is 2.90. The zero-order valence-electron chi connectivity index (χ0n) is 14.3. The van der Waals surface area contributed by atoms with E-state index in [1.807, 2.05) is 0 Å². The Hall–Kier alpha value is -2.89. The third-order valence-corrected chi connectivity index (χ3v) is 4.26. The molecule has 0 aliphatic carbocycles. The number of non-ortho nitro benzene ring substituents is 1. The molecule has 27 heavy (non-hydrogen) atoms. The predicted octanol–water partition coefficient (Wildman–Crippen LogP) is -1.20. The van der Waals surface area contributed by atoms with Crippen molar-refractivity contribution < 1.29 is 34.6 Å². The summed E-state index contributed by atoms with van der Waals surface area (Å²) in [6, 6.07) is 3.40. The molecule has 1 aromatic rings. The van der Waals surface area contributed by atoms with E-state index in [2.05, 4.69) is 5.32 Å². The summed E-state index contributed by atoms with van der Waals surface area (Å²) in [6.07, 6.45) is -0.0347. The van der Waals surface area contributed by atoms with Crippen LogP contribution in [0.5, 0.6) is 0 Å². The van der Waals surface area contributed by atoms with Gasteiger partial charge in [0.15, 0.2) is 0 Å². The largest absolute Gasteiger partial charge is 0.394 e. The fraction of sp³-hybridized carbons (Fsp3) is 0.438. The molecule has 0 unspecified atom stereocenters. The molecule has 3 amide bonds. The SMILES string of the molecule is O=C(CCCN1C(=O)c2ccc([N+](=O)[O-])cc2C1=O)NC(CO)(CO)CO. The number of benzene rings is 1. The maximum Gasteiger partial charge on any atom is 0.270 e. The molecule has 146 valence electrons. The van der Waals surface area contributed by atoms with Gasteiger partial charge in [0.25, 0.3) is 17.5 Å². The smallest absolute Gasteiger partial charge is 0.270 e. The van der Waals surface area contributed by atoms with Gasteiger partial charge in [-0.25, -0.2) is 0 Å². The van der Waals surface area contributed by atoms with Gasteiger partial charge in [-0.15, -0.1) is 0 Å². The molecule has 11 heteroatoms. The van der Waals surface area contributed by atoms with E-state index in [-0.39, 0.29) is 36.2 Å². The molecule has 1 aliphatic heterocycles. The van der Waals surface area contributed by atoms with Gasteiger partial charge in [0.1, 0.15) is 5.54 Å². The molecule has 4 N–H and O–H groups in total. The third-order valence-electron chi connectivity index (χ3n) is 4.26. The molecule has 0 aromatic heterocycles. The number of amides is 3. The number of nitro benzene ring substituents is 1. The number of carbonyl (C=O) groups is 3. The first-order valence-corrected chi connectivity index (χ1v) is 8.07.